The van der Waals surface area contributed by atoms with E-state index in [4.69, 9.17) is 9.47 Å². The Hall–Kier alpha value is -2.07. The lowest BCUT2D eigenvalue weighted by atomic mass is 10.1. The number of aryl methyl sites for hydroxylation is 1. The van der Waals surface area contributed by atoms with Gasteiger partial charge in [-0.3, -0.25) is 4.99 Å². The molecule has 2 heterocycles. The van der Waals surface area contributed by atoms with E-state index in [1.54, 1.807) is 7.11 Å². The van der Waals surface area contributed by atoms with Crippen molar-refractivity contribution in [1.29, 1.82) is 0 Å². The zero-order chi connectivity index (χ0) is 21.9. The van der Waals surface area contributed by atoms with E-state index in [-0.39, 0.29) is 24.0 Å². The highest BCUT2D eigenvalue weighted by Gasteiger charge is 2.20. The van der Waals surface area contributed by atoms with Crippen molar-refractivity contribution in [1.82, 2.24) is 15.6 Å². The van der Waals surface area contributed by atoms with Crippen LogP contribution in [0.3, 0.4) is 0 Å². The Morgan fingerprint density at radius 2 is 1.97 bits per heavy atom. The number of aliphatic imine (C=N–C) groups is 1. The van der Waals surface area contributed by atoms with Crippen LogP contribution in [-0.2, 0) is 11.3 Å². The molecule has 0 radical (unpaired) electrons. The number of benzene rings is 1. The summed E-state index contributed by atoms with van der Waals surface area (Å²) in [6.45, 7) is 8.67. The summed E-state index contributed by atoms with van der Waals surface area (Å²) in [5, 5.41) is 6.92. The highest BCUT2D eigenvalue weighted by Crippen LogP contribution is 2.19. The second-order valence-corrected chi connectivity index (χ2v) is 7.72. The summed E-state index contributed by atoms with van der Waals surface area (Å²) in [5.74, 6) is 2.78. The molecule has 8 heteroatoms. The Labute approximate surface area is 209 Å². The number of aromatic nitrogens is 1. The number of ether oxygens (including phenoxy) is 2. The molecule has 1 aromatic heterocycles. The fraction of sp³-hybridized carbons (Fsp3) is 0.500. The summed E-state index contributed by atoms with van der Waals surface area (Å²) in [4.78, 5) is 11.6. The van der Waals surface area contributed by atoms with Crippen LogP contribution in [0.2, 0.25) is 0 Å². The number of para-hydroxylation sites is 1. The van der Waals surface area contributed by atoms with Crippen LogP contribution in [-0.4, -0.2) is 56.9 Å². The van der Waals surface area contributed by atoms with Gasteiger partial charge in [-0.2, -0.15) is 0 Å². The van der Waals surface area contributed by atoms with Crippen molar-refractivity contribution in [3.63, 3.8) is 0 Å². The SMILES string of the molecule is CCNC(=NCCOCc1ccccc1OC)NC1CCN(c2ccc(C)cn2)CC1.I. The van der Waals surface area contributed by atoms with Gasteiger partial charge in [-0.25, -0.2) is 4.98 Å². The van der Waals surface area contributed by atoms with Gasteiger partial charge >= 0.3 is 0 Å². The minimum absolute atomic E-state index is 0. The van der Waals surface area contributed by atoms with Crippen LogP contribution in [0.5, 0.6) is 5.75 Å². The molecule has 1 aromatic carbocycles. The minimum Gasteiger partial charge on any atom is -0.496 e. The van der Waals surface area contributed by atoms with Gasteiger partial charge in [0.05, 0.1) is 26.9 Å². The number of methoxy groups -OCH3 is 1. The Morgan fingerprint density at radius 3 is 2.66 bits per heavy atom. The average molecular weight is 553 g/mol. The summed E-state index contributed by atoms with van der Waals surface area (Å²) in [6.07, 6.45) is 4.06. The van der Waals surface area contributed by atoms with Crippen molar-refractivity contribution in [2.24, 2.45) is 4.99 Å². The highest BCUT2D eigenvalue weighted by molar-refractivity contribution is 14.0. The van der Waals surface area contributed by atoms with Crippen LogP contribution in [0.1, 0.15) is 30.9 Å². The van der Waals surface area contributed by atoms with Crippen molar-refractivity contribution in [3.05, 3.63) is 53.7 Å². The van der Waals surface area contributed by atoms with Crippen molar-refractivity contribution in [3.8, 4) is 5.75 Å². The molecule has 3 rings (SSSR count). The molecule has 0 atom stereocenters. The Balaban J connectivity index is 0.00000363. The Morgan fingerprint density at radius 1 is 1.19 bits per heavy atom. The number of nitrogens with zero attached hydrogens (tertiary/aromatic N) is 3. The number of piperidine rings is 1. The smallest absolute Gasteiger partial charge is 0.191 e. The fourth-order valence-corrected chi connectivity index (χ4v) is 3.64. The molecule has 0 aliphatic carbocycles. The molecular weight excluding hydrogens is 517 g/mol. The zero-order valence-corrected chi connectivity index (χ0v) is 21.7. The van der Waals surface area contributed by atoms with Crippen LogP contribution < -0.4 is 20.3 Å². The van der Waals surface area contributed by atoms with E-state index in [1.807, 2.05) is 30.5 Å². The van der Waals surface area contributed by atoms with Crippen LogP contribution >= 0.6 is 24.0 Å². The molecule has 2 N–H and O–H groups in total. The molecule has 2 aromatic rings. The molecule has 0 saturated carbocycles. The van der Waals surface area contributed by atoms with E-state index >= 15 is 0 Å². The first-order chi connectivity index (χ1) is 15.2. The molecule has 0 bridgehead atoms. The lowest BCUT2D eigenvalue weighted by Crippen LogP contribution is -2.49. The van der Waals surface area contributed by atoms with E-state index < -0.39 is 0 Å². The predicted octanol–water partition coefficient (Wildman–Crippen LogP) is 3.76. The van der Waals surface area contributed by atoms with E-state index in [1.165, 1.54) is 5.56 Å². The van der Waals surface area contributed by atoms with Gasteiger partial charge in [0.25, 0.3) is 0 Å². The molecule has 32 heavy (non-hydrogen) atoms. The van der Waals surface area contributed by atoms with E-state index in [0.29, 0.717) is 25.8 Å². The van der Waals surface area contributed by atoms with Crippen molar-refractivity contribution in [2.45, 2.75) is 39.3 Å². The van der Waals surface area contributed by atoms with Gasteiger partial charge in [-0.15, -0.1) is 24.0 Å². The zero-order valence-electron chi connectivity index (χ0n) is 19.3. The first-order valence-corrected chi connectivity index (χ1v) is 11.1. The summed E-state index contributed by atoms with van der Waals surface area (Å²) in [5.41, 5.74) is 2.24. The third-order valence-electron chi connectivity index (χ3n) is 5.36. The molecule has 1 aliphatic rings. The van der Waals surface area contributed by atoms with E-state index in [0.717, 1.165) is 55.6 Å². The van der Waals surface area contributed by atoms with Crippen LogP contribution in [0.4, 0.5) is 5.82 Å². The molecule has 176 valence electrons. The topological polar surface area (TPSA) is 71.0 Å². The fourth-order valence-electron chi connectivity index (χ4n) is 3.64. The first-order valence-electron chi connectivity index (χ1n) is 11.1. The maximum absolute atomic E-state index is 5.80. The maximum atomic E-state index is 5.80. The number of hydrogen-bond acceptors (Lipinski definition) is 5. The summed E-state index contributed by atoms with van der Waals surface area (Å²) in [6, 6.07) is 12.6. The van der Waals surface area contributed by atoms with Gasteiger partial charge in [-0.05, 0) is 44.4 Å². The standard InChI is InChI=1S/C24H35N5O2.HI/c1-4-25-24(26-13-16-31-18-20-7-5-6-8-22(20)30-3)28-21-11-14-29(15-12-21)23-10-9-19(2)17-27-23;/h5-10,17,21H,4,11-16,18H2,1-3H3,(H2,25,26,28);1H. The third kappa shape index (κ3) is 8.12. The van der Waals surface area contributed by atoms with Gasteiger partial charge in [0.1, 0.15) is 11.6 Å². The summed E-state index contributed by atoms with van der Waals surface area (Å²) in [7, 11) is 1.68. The molecule has 7 nitrogen and oxygen atoms in total. The molecule has 0 amide bonds. The predicted molar refractivity (Wildman–Crippen MR) is 141 cm³/mol. The van der Waals surface area contributed by atoms with Crippen LogP contribution in [0.15, 0.2) is 47.6 Å². The van der Waals surface area contributed by atoms with Gasteiger partial charge in [0, 0.05) is 37.4 Å². The lowest BCUT2D eigenvalue weighted by molar-refractivity contribution is 0.126. The van der Waals surface area contributed by atoms with Crippen LogP contribution in [0, 0.1) is 6.92 Å². The van der Waals surface area contributed by atoms with Gasteiger partial charge in [0.2, 0.25) is 0 Å². The highest BCUT2D eigenvalue weighted by atomic mass is 127. The average Bonchev–Trinajstić information content (AvgIpc) is 2.80. The van der Waals surface area contributed by atoms with Gasteiger partial charge < -0.3 is 25.0 Å². The molecule has 1 aliphatic heterocycles. The minimum atomic E-state index is 0. The number of hydrogen-bond donors (Lipinski definition) is 2. The molecule has 0 spiro atoms. The number of rotatable bonds is 9. The number of nitrogens with one attached hydrogen (secondary N) is 2. The number of halogens is 1. The quantitative estimate of drug-likeness (QED) is 0.213. The second-order valence-electron chi connectivity index (χ2n) is 7.72. The molecular formula is C24H36IN5O2. The second kappa shape index (κ2) is 14.2. The maximum Gasteiger partial charge on any atom is 0.191 e. The number of anilines is 1. The molecule has 1 saturated heterocycles. The normalized spacial score (nSPS) is 14.6. The summed E-state index contributed by atoms with van der Waals surface area (Å²) >= 11 is 0. The Bertz CT molecular complexity index is 823. The van der Waals surface area contributed by atoms with E-state index in [2.05, 4.69) is 51.5 Å². The van der Waals surface area contributed by atoms with Gasteiger partial charge in [-0.1, -0.05) is 24.3 Å². The summed E-state index contributed by atoms with van der Waals surface area (Å²) < 4.78 is 11.2. The van der Waals surface area contributed by atoms with E-state index in [9.17, 15) is 0 Å². The van der Waals surface area contributed by atoms with Gasteiger partial charge in [0.15, 0.2) is 5.96 Å². The number of guanidine groups is 1. The van der Waals surface area contributed by atoms with Crippen molar-refractivity contribution >= 4 is 35.8 Å². The molecule has 0 unspecified atom stereocenters. The van der Waals surface area contributed by atoms with Crippen molar-refractivity contribution in [2.75, 3.05) is 44.8 Å². The Kier molecular flexibility index (Phi) is 11.6. The lowest BCUT2D eigenvalue weighted by Gasteiger charge is -2.33. The molecule has 1 fully saturated rings. The number of pyridine rings is 1. The van der Waals surface area contributed by atoms with Crippen LogP contribution in [0.25, 0.3) is 0 Å². The monoisotopic (exact) mass is 553 g/mol. The largest absolute Gasteiger partial charge is 0.496 e. The first kappa shape index (κ1) is 26.2. The third-order valence-corrected chi connectivity index (χ3v) is 5.36. The van der Waals surface area contributed by atoms with Crippen molar-refractivity contribution < 1.29 is 9.47 Å².